The molecule has 0 saturated carbocycles. The number of aromatic amines is 1. The zero-order valence-corrected chi connectivity index (χ0v) is 47.0. The van der Waals surface area contributed by atoms with Gasteiger partial charge in [0.05, 0.1) is 19.4 Å². The van der Waals surface area contributed by atoms with Crippen molar-refractivity contribution in [1.29, 1.82) is 0 Å². The number of aliphatic carboxylic acids is 2. The molecular weight excluding hydrogens is 1090 g/mol. The number of phenolic OH excluding ortho intramolecular Hbond substituents is 1. The van der Waals surface area contributed by atoms with E-state index in [2.05, 4.69) is 47.5 Å². The molecule has 0 fully saturated rings. The Morgan fingerprint density at radius 3 is 1.57 bits per heavy atom. The second-order valence-corrected chi connectivity index (χ2v) is 21.6. The van der Waals surface area contributed by atoms with Crippen molar-refractivity contribution < 1.29 is 72.8 Å². The molecule has 27 heteroatoms. The Bertz CT molecular complexity index is 2850. The van der Waals surface area contributed by atoms with Crippen molar-refractivity contribution in [2.75, 3.05) is 30.6 Å². The molecule has 9 amide bonds. The fraction of sp³-hybridized carbons (Fsp3) is 0.426. The van der Waals surface area contributed by atoms with Crippen molar-refractivity contribution in [2.45, 2.75) is 114 Å². The monoisotopic (exact) mass is 1160 g/mol. The minimum Gasteiger partial charge on any atom is -0.508 e. The van der Waals surface area contributed by atoms with E-state index in [1.54, 1.807) is 94.1 Å². The number of aromatic hydroxyl groups is 1. The Labute approximate surface area is 475 Å². The number of fused-ring (bicyclic) bond motifs is 1. The van der Waals surface area contributed by atoms with Crippen LogP contribution in [0.15, 0.2) is 85.1 Å². The third kappa shape index (κ3) is 22.7. The molecule has 0 spiro atoms. The molecule has 0 aliphatic heterocycles. The van der Waals surface area contributed by atoms with E-state index in [0.717, 1.165) is 0 Å². The average Bonchev–Trinajstić information content (AvgIpc) is 3.81. The van der Waals surface area contributed by atoms with Gasteiger partial charge in [0, 0.05) is 36.4 Å². The third-order valence-electron chi connectivity index (χ3n) is 12.0. The van der Waals surface area contributed by atoms with Crippen LogP contribution in [0.4, 0.5) is 4.79 Å². The molecule has 7 atom stereocenters. The first-order valence-corrected chi connectivity index (χ1v) is 28.3. The Morgan fingerprint density at radius 1 is 0.556 bits per heavy atom. The van der Waals surface area contributed by atoms with Crippen LogP contribution < -0.4 is 48.3 Å². The molecular formula is C54H70N10O15S2. The molecule has 0 aliphatic carbocycles. The SMILES string of the molecule is CSCC[C@H](NC(=O)[C@H](Cc1ccc(O)cc1)NC(=O)[C@H](CC(=O)O)NC(=O)OC(C)(C)C)C(=O)NCC(=O)N[C@@H](Cc1c[nH]c2ccccc12)C(=O)N[C@@H](CCSC)C(=O)N[C@@H](CC(=O)O)C(=O)N[C@@H](Cc1ccccc1)C(N)=O. The highest BCUT2D eigenvalue weighted by atomic mass is 32.2. The minimum absolute atomic E-state index is 0.00155. The van der Waals surface area contributed by atoms with Crippen molar-refractivity contribution in [3.63, 3.8) is 0 Å². The lowest BCUT2D eigenvalue weighted by Gasteiger charge is -2.26. The number of carbonyl (C=O) groups excluding carboxylic acids is 9. The smallest absolute Gasteiger partial charge is 0.408 e. The maximum Gasteiger partial charge on any atom is 0.408 e. The Balaban J connectivity index is 1.55. The van der Waals surface area contributed by atoms with Crippen LogP contribution in [0.25, 0.3) is 10.9 Å². The largest absolute Gasteiger partial charge is 0.508 e. The lowest BCUT2D eigenvalue weighted by atomic mass is 10.0. The lowest BCUT2D eigenvalue weighted by Crippen LogP contribution is -2.59. The second-order valence-electron chi connectivity index (χ2n) is 19.6. The number of rotatable bonds is 32. The maximum atomic E-state index is 14.4. The number of ether oxygens (including phenoxy) is 1. The van der Waals surface area contributed by atoms with Crippen LogP contribution in [0.5, 0.6) is 5.75 Å². The van der Waals surface area contributed by atoms with Gasteiger partial charge in [-0.2, -0.15) is 23.5 Å². The number of carboxylic acid groups (broad SMARTS) is 2. The van der Waals surface area contributed by atoms with Gasteiger partial charge in [0.25, 0.3) is 0 Å². The van der Waals surface area contributed by atoms with Crippen LogP contribution in [-0.2, 0) is 71.9 Å². The molecule has 438 valence electrons. The normalized spacial score (nSPS) is 13.7. The predicted molar refractivity (Wildman–Crippen MR) is 301 cm³/mol. The van der Waals surface area contributed by atoms with Crippen molar-refractivity contribution in [1.82, 2.24) is 47.5 Å². The van der Waals surface area contributed by atoms with Crippen molar-refractivity contribution in [3.05, 3.63) is 102 Å². The maximum absolute atomic E-state index is 14.4. The fourth-order valence-electron chi connectivity index (χ4n) is 8.00. The number of nitrogens with two attached hydrogens (primary N) is 1. The molecule has 0 unspecified atom stereocenters. The summed E-state index contributed by atoms with van der Waals surface area (Å²) in [5.74, 6) is -9.96. The summed E-state index contributed by atoms with van der Waals surface area (Å²) in [4.78, 5) is 150. The summed E-state index contributed by atoms with van der Waals surface area (Å²) < 4.78 is 5.20. The first-order valence-electron chi connectivity index (χ1n) is 25.5. The number of benzene rings is 3. The summed E-state index contributed by atoms with van der Waals surface area (Å²) in [7, 11) is 0. The highest BCUT2D eigenvalue weighted by molar-refractivity contribution is 7.98. The summed E-state index contributed by atoms with van der Waals surface area (Å²) in [6, 6.07) is 10.9. The number of hydrogen-bond acceptors (Lipinski definition) is 15. The van der Waals surface area contributed by atoms with Gasteiger partial charge in [0.15, 0.2) is 0 Å². The molecule has 0 aliphatic rings. The zero-order valence-electron chi connectivity index (χ0n) is 45.3. The zero-order chi connectivity index (χ0) is 59.8. The summed E-state index contributed by atoms with van der Waals surface area (Å²) in [6.07, 6.45) is 1.73. The van der Waals surface area contributed by atoms with E-state index in [1.165, 1.54) is 47.8 Å². The van der Waals surface area contributed by atoms with Crippen LogP contribution in [0.1, 0.15) is 63.1 Å². The summed E-state index contributed by atoms with van der Waals surface area (Å²) in [6.45, 7) is 3.92. The number of para-hydroxylation sites is 1. The topological polar surface area (TPSA) is 396 Å². The number of primary amides is 1. The number of aromatic nitrogens is 1. The van der Waals surface area contributed by atoms with Crippen LogP contribution in [0.2, 0.25) is 0 Å². The van der Waals surface area contributed by atoms with E-state index >= 15 is 0 Å². The predicted octanol–water partition coefficient (Wildman–Crippen LogP) is 0.761. The van der Waals surface area contributed by atoms with Gasteiger partial charge < -0.3 is 73.3 Å². The van der Waals surface area contributed by atoms with Gasteiger partial charge in [-0.25, -0.2) is 4.79 Å². The number of hydrogen-bond donors (Lipinski definition) is 13. The summed E-state index contributed by atoms with van der Waals surface area (Å²) in [5.41, 5.74) is 6.91. The molecule has 0 bridgehead atoms. The van der Waals surface area contributed by atoms with Gasteiger partial charge in [0.1, 0.15) is 53.6 Å². The number of carboxylic acids is 2. The Hall–Kier alpha value is -8.33. The number of nitrogens with one attached hydrogen (secondary N) is 9. The van der Waals surface area contributed by atoms with Crippen molar-refractivity contribution in [3.8, 4) is 5.75 Å². The number of H-pyrrole nitrogens is 1. The van der Waals surface area contributed by atoms with Crippen LogP contribution in [0.3, 0.4) is 0 Å². The van der Waals surface area contributed by atoms with Crippen molar-refractivity contribution in [2.24, 2.45) is 5.73 Å². The number of thioether (sulfide) groups is 2. The van der Waals surface area contributed by atoms with Gasteiger partial charge in [0.2, 0.25) is 47.3 Å². The summed E-state index contributed by atoms with van der Waals surface area (Å²) in [5, 5.41) is 49.8. The number of carbonyl (C=O) groups is 11. The molecule has 3 aromatic carbocycles. The molecule has 0 saturated heterocycles. The fourth-order valence-corrected chi connectivity index (χ4v) is 8.95. The van der Waals surface area contributed by atoms with Gasteiger partial charge in [-0.1, -0.05) is 60.7 Å². The van der Waals surface area contributed by atoms with Gasteiger partial charge >= 0.3 is 18.0 Å². The number of amides is 9. The highest BCUT2D eigenvalue weighted by Crippen LogP contribution is 2.20. The number of phenols is 1. The summed E-state index contributed by atoms with van der Waals surface area (Å²) >= 11 is 2.64. The van der Waals surface area contributed by atoms with E-state index in [-0.39, 0.29) is 43.6 Å². The standard InChI is InChI=1S/C54H70N10O15S2/c1-54(2,3)79-53(78)64-42(27-45(69)70)52(77)62-39(24-31-15-17-33(65)18-16-31)49(74)59-36(19-21-80-4)47(72)57-29-43(66)58-40(25-32-28-56-35-14-10-9-13-34(32)35)50(75)60-37(20-22-81-5)48(73)63-41(26-44(67)68)51(76)61-38(46(55)71)23-30-11-7-6-8-12-30/h6-18,28,36-42,56,65H,19-27,29H2,1-5H3,(H2,55,71)(H,57,72)(H,58,66)(H,59,74)(H,60,75)(H,61,76)(H,62,77)(H,63,73)(H,64,78)(H,67,68)(H,69,70)/t36-,37-,38-,39-,40-,41-,42-/m0/s1. The molecule has 1 aromatic heterocycles. The molecule has 4 aromatic rings. The van der Waals surface area contributed by atoms with E-state index in [9.17, 15) is 68.1 Å². The van der Waals surface area contributed by atoms with Gasteiger partial charge in [-0.05, 0) is 92.5 Å². The quantitative estimate of drug-likeness (QED) is 0.0321. The van der Waals surface area contributed by atoms with E-state index < -0.39 is 133 Å². The molecule has 4 rings (SSSR count). The molecule has 1 heterocycles. The second kappa shape index (κ2) is 32.1. The Morgan fingerprint density at radius 2 is 1.01 bits per heavy atom. The van der Waals surface area contributed by atoms with E-state index in [4.69, 9.17) is 10.5 Å². The Kier molecular flexibility index (Phi) is 25.8. The average molecular weight is 1160 g/mol. The van der Waals surface area contributed by atoms with Crippen LogP contribution in [0, 0.1) is 0 Å². The van der Waals surface area contributed by atoms with E-state index in [0.29, 0.717) is 33.3 Å². The highest BCUT2D eigenvalue weighted by Gasteiger charge is 2.35. The first-order chi connectivity index (χ1) is 38.3. The molecule has 14 N–H and O–H groups in total. The van der Waals surface area contributed by atoms with Crippen LogP contribution in [-0.4, -0.2) is 164 Å². The number of alkyl carbamates (subject to hydrolysis) is 1. The van der Waals surface area contributed by atoms with Gasteiger partial charge in [-0.3, -0.25) is 47.9 Å². The van der Waals surface area contributed by atoms with Gasteiger partial charge in [-0.15, -0.1) is 0 Å². The first kappa shape index (κ1) is 65.2. The minimum atomic E-state index is -1.73. The molecule has 25 nitrogen and oxygen atoms in total. The molecule has 0 radical (unpaired) electrons. The van der Waals surface area contributed by atoms with E-state index in [1.807, 2.05) is 0 Å². The molecule has 81 heavy (non-hydrogen) atoms. The third-order valence-corrected chi connectivity index (χ3v) is 13.3. The lowest BCUT2D eigenvalue weighted by molar-refractivity contribution is -0.141. The van der Waals surface area contributed by atoms with Crippen molar-refractivity contribution >= 4 is 99.7 Å². The van der Waals surface area contributed by atoms with Crippen LogP contribution >= 0.6 is 23.5 Å².